The van der Waals surface area contributed by atoms with E-state index < -0.39 is 12.7 Å². The number of aliphatic imine (C=N–C) groups is 1. The Morgan fingerprint density at radius 3 is 2.59 bits per heavy atom. The molecule has 5 nitrogen and oxygen atoms in total. The molecule has 0 saturated carbocycles. The summed E-state index contributed by atoms with van der Waals surface area (Å²) in [7, 11) is 4.95. The molecule has 0 spiro atoms. The summed E-state index contributed by atoms with van der Waals surface area (Å²) in [6, 6.07) is 0. The van der Waals surface area contributed by atoms with Crippen molar-refractivity contribution in [2.45, 2.75) is 19.6 Å². The Hall–Kier alpha value is -1.35. The zero-order valence-corrected chi connectivity index (χ0v) is 14.1. The first kappa shape index (κ1) is 18.7. The van der Waals surface area contributed by atoms with Crippen LogP contribution in [-0.2, 0) is 6.54 Å². The van der Waals surface area contributed by atoms with E-state index in [1.165, 1.54) is 11.9 Å². The number of rotatable bonds is 6. The first-order valence-electron chi connectivity index (χ1n) is 6.79. The standard InChI is InChI=1S/C13H22F3N5S/c1-10-19-11(8-22-10)7-21(4)12(17-2)18-5-6-20(3)9-13(14,15)16/h8H,5-7,9H2,1-4H3,(H,17,18). The van der Waals surface area contributed by atoms with E-state index in [-0.39, 0.29) is 6.54 Å². The zero-order valence-electron chi connectivity index (χ0n) is 13.2. The molecule has 0 aliphatic heterocycles. The lowest BCUT2D eigenvalue weighted by Crippen LogP contribution is -2.43. The third-order valence-corrected chi connectivity index (χ3v) is 3.69. The highest BCUT2D eigenvalue weighted by Crippen LogP contribution is 2.15. The van der Waals surface area contributed by atoms with Gasteiger partial charge in [-0.05, 0) is 14.0 Å². The maximum absolute atomic E-state index is 12.2. The van der Waals surface area contributed by atoms with E-state index in [0.29, 0.717) is 19.0 Å². The molecule has 1 N–H and O–H groups in total. The lowest BCUT2D eigenvalue weighted by atomic mass is 10.4. The van der Waals surface area contributed by atoms with Gasteiger partial charge in [0.2, 0.25) is 0 Å². The molecule has 0 aromatic carbocycles. The molecule has 1 rings (SSSR count). The summed E-state index contributed by atoms with van der Waals surface area (Å²) >= 11 is 1.58. The predicted molar refractivity (Wildman–Crippen MR) is 83.2 cm³/mol. The van der Waals surface area contributed by atoms with Gasteiger partial charge in [-0.2, -0.15) is 13.2 Å². The van der Waals surface area contributed by atoms with E-state index in [1.807, 2.05) is 24.3 Å². The van der Waals surface area contributed by atoms with Crippen LogP contribution in [0.25, 0.3) is 0 Å². The molecule has 0 aliphatic rings. The van der Waals surface area contributed by atoms with E-state index >= 15 is 0 Å². The third-order valence-electron chi connectivity index (χ3n) is 2.86. The van der Waals surface area contributed by atoms with E-state index in [4.69, 9.17) is 0 Å². The number of alkyl halides is 3. The van der Waals surface area contributed by atoms with Crippen molar-refractivity contribution in [2.24, 2.45) is 4.99 Å². The number of aryl methyl sites for hydroxylation is 1. The molecule has 0 bridgehead atoms. The molecule has 126 valence electrons. The summed E-state index contributed by atoms with van der Waals surface area (Å²) in [5.74, 6) is 0.631. The molecule has 0 saturated heterocycles. The van der Waals surface area contributed by atoms with Crippen LogP contribution in [0.1, 0.15) is 10.7 Å². The zero-order chi connectivity index (χ0) is 16.8. The molecular formula is C13H22F3N5S. The van der Waals surface area contributed by atoms with Gasteiger partial charge < -0.3 is 10.2 Å². The summed E-state index contributed by atoms with van der Waals surface area (Å²) < 4.78 is 36.7. The van der Waals surface area contributed by atoms with Gasteiger partial charge in [-0.15, -0.1) is 11.3 Å². The van der Waals surface area contributed by atoms with Crippen LogP contribution in [0.3, 0.4) is 0 Å². The monoisotopic (exact) mass is 337 g/mol. The maximum atomic E-state index is 12.2. The number of likely N-dealkylation sites (N-methyl/N-ethyl adjacent to an activating group) is 1. The first-order chi connectivity index (χ1) is 10.2. The number of nitrogens with one attached hydrogen (secondary N) is 1. The van der Waals surface area contributed by atoms with Crippen molar-refractivity contribution in [1.82, 2.24) is 20.1 Å². The lowest BCUT2D eigenvalue weighted by Gasteiger charge is -2.23. The van der Waals surface area contributed by atoms with Gasteiger partial charge in [-0.1, -0.05) is 0 Å². The van der Waals surface area contributed by atoms with Gasteiger partial charge in [0.1, 0.15) is 0 Å². The Labute approximate surface area is 132 Å². The van der Waals surface area contributed by atoms with Crippen molar-refractivity contribution in [3.8, 4) is 0 Å². The highest BCUT2D eigenvalue weighted by Gasteiger charge is 2.28. The van der Waals surface area contributed by atoms with Crippen LogP contribution in [0.15, 0.2) is 10.4 Å². The molecule has 1 aromatic heterocycles. The minimum Gasteiger partial charge on any atom is -0.355 e. The highest BCUT2D eigenvalue weighted by molar-refractivity contribution is 7.09. The van der Waals surface area contributed by atoms with Crippen LogP contribution in [0.5, 0.6) is 0 Å². The minimum absolute atomic E-state index is 0.280. The number of aromatic nitrogens is 1. The van der Waals surface area contributed by atoms with Crippen LogP contribution in [0.2, 0.25) is 0 Å². The quantitative estimate of drug-likeness (QED) is 0.637. The average molecular weight is 337 g/mol. The smallest absolute Gasteiger partial charge is 0.355 e. The fraction of sp³-hybridized carbons (Fsp3) is 0.692. The first-order valence-corrected chi connectivity index (χ1v) is 7.67. The second-order valence-corrected chi connectivity index (χ2v) is 6.10. The SMILES string of the molecule is CN=C(NCCN(C)CC(F)(F)F)N(C)Cc1csc(C)n1. The van der Waals surface area contributed by atoms with Gasteiger partial charge in [0.15, 0.2) is 5.96 Å². The van der Waals surface area contributed by atoms with Crippen LogP contribution >= 0.6 is 11.3 Å². The summed E-state index contributed by atoms with van der Waals surface area (Å²) in [6.45, 7) is 2.29. The van der Waals surface area contributed by atoms with E-state index in [0.717, 1.165) is 10.7 Å². The van der Waals surface area contributed by atoms with E-state index in [9.17, 15) is 13.2 Å². The maximum Gasteiger partial charge on any atom is 0.401 e. The minimum atomic E-state index is -4.17. The Kier molecular flexibility index (Phi) is 7.08. The Bertz CT molecular complexity index is 486. The summed E-state index contributed by atoms with van der Waals surface area (Å²) in [4.78, 5) is 11.6. The number of halogens is 3. The molecule has 1 aromatic rings. The summed E-state index contributed by atoms with van der Waals surface area (Å²) in [6.07, 6.45) is -4.17. The number of thiazole rings is 1. The third kappa shape index (κ3) is 7.08. The Balaban J connectivity index is 2.38. The second-order valence-electron chi connectivity index (χ2n) is 5.04. The van der Waals surface area contributed by atoms with Crippen molar-refractivity contribution < 1.29 is 13.2 Å². The van der Waals surface area contributed by atoms with Gasteiger partial charge >= 0.3 is 6.18 Å². The van der Waals surface area contributed by atoms with Gasteiger partial charge in [0.05, 0.1) is 23.8 Å². The van der Waals surface area contributed by atoms with Crippen LogP contribution in [-0.4, -0.2) is 67.7 Å². The fourth-order valence-corrected chi connectivity index (χ4v) is 2.53. The lowest BCUT2D eigenvalue weighted by molar-refractivity contribution is -0.142. The van der Waals surface area contributed by atoms with Crippen LogP contribution in [0, 0.1) is 6.92 Å². The van der Waals surface area contributed by atoms with Gasteiger partial charge in [-0.3, -0.25) is 9.89 Å². The number of hydrogen-bond donors (Lipinski definition) is 1. The molecule has 22 heavy (non-hydrogen) atoms. The van der Waals surface area contributed by atoms with E-state index in [1.54, 1.807) is 18.4 Å². The van der Waals surface area contributed by atoms with Gasteiger partial charge in [-0.25, -0.2) is 4.98 Å². The van der Waals surface area contributed by atoms with Crippen molar-refractivity contribution in [1.29, 1.82) is 0 Å². The predicted octanol–water partition coefficient (Wildman–Crippen LogP) is 1.95. The molecule has 9 heteroatoms. The van der Waals surface area contributed by atoms with Crippen molar-refractivity contribution in [3.63, 3.8) is 0 Å². The highest BCUT2D eigenvalue weighted by atomic mass is 32.1. The topological polar surface area (TPSA) is 43.8 Å². The molecule has 1 heterocycles. The van der Waals surface area contributed by atoms with Gasteiger partial charge in [0.25, 0.3) is 0 Å². The molecule has 0 unspecified atom stereocenters. The van der Waals surface area contributed by atoms with E-state index in [2.05, 4.69) is 15.3 Å². The molecular weight excluding hydrogens is 315 g/mol. The van der Waals surface area contributed by atoms with Crippen LogP contribution in [0.4, 0.5) is 13.2 Å². The molecule has 0 atom stereocenters. The largest absolute Gasteiger partial charge is 0.401 e. The second kappa shape index (κ2) is 8.33. The van der Waals surface area contributed by atoms with Crippen LogP contribution < -0.4 is 5.32 Å². The molecule has 0 radical (unpaired) electrons. The Morgan fingerprint density at radius 1 is 1.41 bits per heavy atom. The van der Waals surface area contributed by atoms with Crippen molar-refractivity contribution >= 4 is 17.3 Å². The Morgan fingerprint density at radius 2 is 2.09 bits per heavy atom. The van der Waals surface area contributed by atoms with Gasteiger partial charge in [0, 0.05) is 32.6 Å². The molecule has 0 amide bonds. The number of guanidine groups is 1. The molecule has 0 aliphatic carbocycles. The van der Waals surface area contributed by atoms with Crippen molar-refractivity contribution in [2.75, 3.05) is 40.8 Å². The van der Waals surface area contributed by atoms with Crippen molar-refractivity contribution in [3.05, 3.63) is 16.1 Å². The number of nitrogens with zero attached hydrogens (tertiary/aromatic N) is 4. The normalized spacial score (nSPS) is 12.8. The molecule has 0 fully saturated rings. The summed E-state index contributed by atoms with van der Waals surface area (Å²) in [5, 5.41) is 6.04. The fourth-order valence-electron chi connectivity index (χ4n) is 1.93. The number of hydrogen-bond acceptors (Lipinski definition) is 4. The average Bonchev–Trinajstić information content (AvgIpc) is 2.77. The summed E-state index contributed by atoms with van der Waals surface area (Å²) in [5.41, 5.74) is 0.946.